The van der Waals surface area contributed by atoms with Crippen LogP contribution in [0.25, 0.3) is 0 Å². The molecule has 6 nitrogen and oxygen atoms in total. The second-order valence-corrected chi connectivity index (χ2v) is 5.70. The zero-order valence-electron chi connectivity index (χ0n) is 11.9. The van der Waals surface area contributed by atoms with Crippen LogP contribution in [0.2, 0.25) is 0 Å². The molecule has 0 aliphatic rings. The number of aliphatic hydroxyl groups is 2. The Labute approximate surface area is 108 Å². The van der Waals surface area contributed by atoms with E-state index in [1.54, 1.807) is 13.8 Å². The van der Waals surface area contributed by atoms with Crippen molar-refractivity contribution in [2.24, 2.45) is 0 Å². The summed E-state index contributed by atoms with van der Waals surface area (Å²) in [6.45, 7) is 9.35. The molecule has 0 radical (unpaired) electrons. The molecule has 2 unspecified atom stereocenters. The van der Waals surface area contributed by atoms with Crippen LogP contribution in [0.3, 0.4) is 0 Å². The summed E-state index contributed by atoms with van der Waals surface area (Å²) in [7, 11) is 0. The van der Waals surface area contributed by atoms with Crippen LogP contribution in [-0.4, -0.2) is 45.3 Å². The van der Waals surface area contributed by atoms with E-state index in [0.717, 1.165) is 0 Å². The van der Waals surface area contributed by atoms with Crippen molar-refractivity contribution in [1.82, 2.24) is 10.6 Å². The molecule has 0 aromatic heterocycles. The Hall–Kier alpha value is -1.14. The highest BCUT2D eigenvalue weighted by Gasteiger charge is 2.29. The number of nitrogens with one attached hydrogen (secondary N) is 2. The summed E-state index contributed by atoms with van der Waals surface area (Å²) < 4.78 is 0. The Morgan fingerprint density at radius 3 is 1.22 bits per heavy atom. The van der Waals surface area contributed by atoms with E-state index in [1.165, 1.54) is 27.7 Å². The molecule has 0 spiro atoms. The molecule has 0 saturated carbocycles. The minimum absolute atomic E-state index is 0.562. The Bertz CT molecular complexity index is 283. The third kappa shape index (κ3) is 5.46. The van der Waals surface area contributed by atoms with Crippen molar-refractivity contribution in [2.45, 2.75) is 64.8 Å². The zero-order chi connectivity index (χ0) is 14.7. The van der Waals surface area contributed by atoms with Crippen molar-refractivity contribution in [2.75, 3.05) is 0 Å². The number of carbonyl (C=O) groups is 2. The second-order valence-electron chi connectivity index (χ2n) is 5.70. The van der Waals surface area contributed by atoms with Crippen LogP contribution in [0.5, 0.6) is 0 Å². The molecule has 0 aromatic rings. The molecular formula is C12H24N2O4. The third-order valence-corrected chi connectivity index (χ3v) is 3.02. The molecular weight excluding hydrogens is 236 g/mol. The molecule has 18 heavy (non-hydrogen) atoms. The molecule has 0 heterocycles. The first-order valence-corrected chi connectivity index (χ1v) is 5.91. The van der Waals surface area contributed by atoms with Gasteiger partial charge >= 0.3 is 11.8 Å². The monoisotopic (exact) mass is 260 g/mol. The standard InChI is InChI=1S/C12H24N2O4/c1-7(11(3,4)17)13-9(15)10(16)14-8(2)12(5,6)18/h7-8,17-18H,1-6H3,(H,13,15)(H,14,16). The average molecular weight is 260 g/mol. The molecule has 0 aliphatic heterocycles. The quantitative estimate of drug-likeness (QED) is 0.514. The van der Waals surface area contributed by atoms with Gasteiger partial charge in [-0.3, -0.25) is 9.59 Å². The summed E-state index contributed by atoms with van der Waals surface area (Å²) in [5.74, 6) is -1.67. The number of amides is 2. The Morgan fingerprint density at radius 2 is 1.06 bits per heavy atom. The minimum Gasteiger partial charge on any atom is -0.388 e. The van der Waals surface area contributed by atoms with Gasteiger partial charge in [-0.15, -0.1) is 0 Å². The van der Waals surface area contributed by atoms with Gasteiger partial charge in [-0.05, 0) is 41.5 Å². The predicted molar refractivity (Wildman–Crippen MR) is 67.8 cm³/mol. The van der Waals surface area contributed by atoms with Gasteiger partial charge in [-0.25, -0.2) is 0 Å². The molecule has 6 heteroatoms. The topological polar surface area (TPSA) is 98.7 Å². The van der Waals surface area contributed by atoms with E-state index in [9.17, 15) is 19.8 Å². The molecule has 106 valence electrons. The third-order valence-electron chi connectivity index (χ3n) is 3.02. The Kier molecular flexibility index (Phi) is 5.31. The van der Waals surface area contributed by atoms with Gasteiger partial charge in [0.2, 0.25) is 0 Å². The zero-order valence-corrected chi connectivity index (χ0v) is 11.9. The van der Waals surface area contributed by atoms with E-state index >= 15 is 0 Å². The molecule has 2 amide bonds. The van der Waals surface area contributed by atoms with Gasteiger partial charge in [0.25, 0.3) is 0 Å². The lowest BCUT2D eigenvalue weighted by Gasteiger charge is -2.28. The highest BCUT2D eigenvalue weighted by Crippen LogP contribution is 2.08. The van der Waals surface area contributed by atoms with E-state index in [1.807, 2.05) is 0 Å². The molecule has 0 saturated heterocycles. The van der Waals surface area contributed by atoms with Crippen LogP contribution in [0, 0.1) is 0 Å². The van der Waals surface area contributed by atoms with E-state index in [4.69, 9.17) is 0 Å². The maximum Gasteiger partial charge on any atom is 0.309 e. The average Bonchev–Trinajstić information content (AvgIpc) is 2.14. The van der Waals surface area contributed by atoms with Crippen LogP contribution in [0.4, 0.5) is 0 Å². The van der Waals surface area contributed by atoms with Gasteiger partial charge in [0.1, 0.15) is 0 Å². The summed E-state index contributed by atoms with van der Waals surface area (Å²) in [4.78, 5) is 23.1. The summed E-state index contributed by atoms with van der Waals surface area (Å²) in [5.41, 5.74) is -2.23. The van der Waals surface area contributed by atoms with Gasteiger partial charge in [-0.2, -0.15) is 0 Å². The fraction of sp³-hybridized carbons (Fsp3) is 0.833. The van der Waals surface area contributed by atoms with Gasteiger partial charge in [0.05, 0.1) is 23.3 Å². The van der Waals surface area contributed by atoms with Crippen molar-refractivity contribution in [3.63, 3.8) is 0 Å². The summed E-state index contributed by atoms with van der Waals surface area (Å²) in [6, 6.07) is -1.12. The van der Waals surface area contributed by atoms with Crippen molar-refractivity contribution in [3.05, 3.63) is 0 Å². The first kappa shape index (κ1) is 16.9. The first-order valence-electron chi connectivity index (χ1n) is 5.91. The highest BCUT2D eigenvalue weighted by molar-refractivity contribution is 6.35. The Balaban J connectivity index is 4.42. The molecule has 4 N–H and O–H groups in total. The van der Waals surface area contributed by atoms with Crippen LogP contribution in [-0.2, 0) is 9.59 Å². The van der Waals surface area contributed by atoms with Crippen molar-refractivity contribution in [3.8, 4) is 0 Å². The molecule has 2 atom stereocenters. The highest BCUT2D eigenvalue weighted by atomic mass is 16.3. The molecule has 0 bridgehead atoms. The number of hydrogen-bond donors (Lipinski definition) is 4. The SMILES string of the molecule is CC(NC(=O)C(=O)NC(C)C(C)(C)O)C(C)(C)O. The largest absolute Gasteiger partial charge is 0.388 e. The first-order chi connectivity index (χ1) is 7.85. The van der Waals surface area contributed by atoms with E-state index in [-0.39, 0.29) is 0 Å². The number of carbonyl (C=O) groups excluding carboxylic acids is 2. The van der Waals surface area contributed by atoms with Gasteiger partial charge in [0.15, 0.2) is 0 Å². The molecule has 0 fully saturated rings. The lowest BCUT2D eigenvalue weighted by atomic mass is 10.00. The maximum atomic E-state index is 11.5. The van der Waals surface area contributed by atoms with Crippen molar-refractivity contribution < 1.29 is 19.8 Å². The van der Waals surface area contributed by atoms with Crippen LogP contribution < -0.4 is 10.6 Å². The molecule has 0 aliphatic carbocycles. The number of rotatable bonds is 4. The minimum atomic E-state index is -1.11. The lowest BCUT2D eigenvalue weighted by Crippen LogP contribution is -2.55. The fourth-order valence-corrected chi connectivity index (χ4v) is 0.878. The second kappa shape index (κ2) is 5.67. The van der Waals surface area contributed by atoms with E-state index < -0.39 is 35.1 Å². The van der Waals surface area contributed by atoms with Crippen LogP contribution in [0.1, 0.15) is 41.5 Å². The summed E-state index contributed by atoms with van der Waals surface area (Å²) >= 11 is 0. The van der Waals surface area contributed by atoms with Crippen LogP contribution in [0.15, 0.2) is 0 Å². The van der Waals surface area contributed by atoms with Gasteiger partial charge in [-0.1, -0.05) is 0 Å². The van der Waals surface area contributed by atoms with Crippen molar-refractivity contribution in [1.29, 1.82) is 0 Å². The maximum absolute atomic E-state index is 11.5. The van der Waals surface area contributed by atoms with Gasteiger partial charge < -0.3 is 20.8 Å². The van der Waals surface area contributed by atoms with Crippen molar-refractivity contribution >= 4 is 11.8 Å². The molecule has 0 aromatic carbocycles. The predicted octanol–water partition coefficient (Wildman–Crippen LogP) is -0.462. The summed E-state index contributed by atoms with van der Waals surface area (Å²) in [5, 5.41) is 24.1. The van der Waals surface area contributed by atoms with Gasteiger partial charge in [0, 0.05) is 0 Å². The van der Waals surface area contributed by atoms with E-state index in [0.29, 0.717) is 0 Å². The number of hydrogen-bond acceptors (Lipinski definition) is 4. The Morgan fingerprint density at radius 1 is 0.833 bits per heavy atom. The summed E-state index contributed by atoms with van der Waals surface area (Å²) in [6.07, 6.45) is 0. The normalized spacial score (nSPS) is 15.8. The smallest absolute Gasteiger partial charge is 0.309 e. The lowest BCUT2D eigenvalue weighted by molar-refractivity contribution is -0.141. The van der Waals surface area contributed by atoms with E-state index in [2.05, 4.69) is 10.6 Å². The fourth-order valence-electron chi connectivity index (χ4n) is 0.878. The molecule has 0 rings (SSSR count). The van der Waals surface area contributed by atoms with Crippen LogP contribution >= 0.6 is 0 Å².